The highest BCUT2D eigenvalue weighted by Crippen LogP contribution is 2.05. The zero-order valence-corrected chi connectivity index (χ0v) is 10.1. The Morgan fingerprint density at radius 3 is 2.53 bits per heavy atom. The van der Waals surface area contributed by atoms with Crippen molar-refractivity contribution >= 4 is 0 Å². The van der Waals surface area contributed by atoms with Crippen LogP contribution >= 0.6 is 0 Å². The van der Waals surface area contributed by atoms with Crippen molar-refractivity contribution < 1.29 is 4.74 Å². The van der Waals surface area contributed by atoms with Gasteiger partial charge in [0.2, 0.25) is 0 Å². The van der Waals surface area contributed by atoms with Crippen molar-refractivity contribution in [2.24, 2.45) is 5.73 Å². The fraction of sp³-hybridized carbons (Fsp3) is 0.909. The zero-order chi connectivity index (χ0) is 11.7. The lowest BCUT2D eigenvalue weighted by Crippen LogP contribution is -2.39. The molecule has 0 bridgehead atoms. The Labute approximate surface area is 93.0 Å². The second kappa shape index (κ2) is 7.63. The van der Waals surface area contributed by atoms with E-state index < -0.39 is 5.54 Å². The Balaban J connectivity index is 3.76. The molecule has 0 amide bonds. The maximum Gasteiger partial charge on any atom is 0.102 e. The maximum absolute atomic E-state index is 8.78. The van der Waals surface area contributed by atoms with Crippen molar-refractivity contribution in [3.05, 3.63) is 0 Å². The molecule has 0 aliphatic heterocycles. The Hall–Kier alpha value is -0.630. The summed E-state index contributed by atoms with van der Waals surface area (Å²) in [7, 11) is 0. The van der Waals surface area contributed by atoms with Crippen molar-refractivity contribution in [2.75, 3.05) is 32.8 Å². The smallest absolute Gasteiger partial charge is 0.102 e. The molecule has 1 unspecified atom stereocenters. The molecule has 88 valence electrons. The minimum absolute atomic E-state index is 0.698. The molecule has 2 N–H and O–H groups in total. The number of hydrogen-bond acceptors (Lipinski definition) is 4. The quantitative estimate of drug-likeness (QED) is 0.610. The molecule has 0 aromatic heterocycles. The van der Waals surface area contributed by atoms with E-state index in [1.807, 2.05) is 6.92 Å². The van der Waals surface area contributed by atoms with Gasteiger partial charge in [0.05, 0.1) is 12.7 Å². The summed E-state index contributed by atoms with van der Waals surface area (Å²) in [5.74, 6) is 0. The van der Waals surface area contributed by atoms with Crippen LogP contribution in [0.1, 0.15) is 27.2 Å². The average molecular weight is 213 g/mol. The number of ether oxygens (including phenoxy) is 1. The van der Waals surface area contributed by atoms with Crippen LogP contribution in [-0.2, 0) is 4.74 Å². The first-order chi connectivity index (χ1) is 7.05. The lowest BCUT2D eigenvalue weighted by Gasteiger charge is -2.23. The van der Waals surface area contributed by atoms with Crippen LogP contribution in [0.25, 0.3) is 0 Å². The molecule has 0 saturated heterocycles. The van der Waals surface area contributed by atoms with Gasteiger partial charge >= 0.3 is 0 Å². The van der Waals surface area contributed by atoms with Gasteiger partial charge in [-0.3, -0.25) is 0 Å². The largest absolute Gasteiger partial charge is 0.380 e. The van der Waals surface area contributed by atoms with Crippen molar-refractivity contribution in [1.82, 2.24) is 4.90 Å². The van der Waals surface area contributed by atoms with Gasteiger partial charge in [0.1, 0.15) is 5.54 Å². The Kier molecular flexibility index (Phi) is 7.31. The highest BCUT2D eigenvalue weighted by atomic mass is 16.5. The lowest BCUT2D eigenvalue weighted by atomic mass is 10.0. The van der Waals surface area contributed by atoms with Crippen molar-refractivity contribution in [1.29, 1.82) is 5.26 Å². The topological polar surface area (TPSA) is 62.3 Å². The molecule has 4 nitrogen and oxygen atoms in total. The molecule has 1 atom stereocenters. The molecule has 0 rings (SSSR count). The van der Waals surface area contributed by atoms with Gasteiger partial charge in [0.15, 0.2) is 0 Å². The summed E-state index contributed by atoms with van der Waals surface area (Å²) in [5, 5.41) is 8.78. The predicted octanol–water partition coefficient (Wildman–Crippen LogP) is 0.976. The number of nitriles is 1. The number of nitrogens with zero attached hydrogens (tertiary/aromatic N) is 2. The Morgan fingerprint density at radius 2 is 2.07 bits per heavy atom. The van der Waals surface area contributed by atoms with Crippen LogP contribution in [0.2, 0.25) is 0 Å². The Bertz CT molecular complexity index is 198. The van der Waals surface area contributed by atoms with Crippen LogP contribution in [0.3, 0.4) is 0 Å². The molecule has 0 fully saturated rings. The fourth-order valence-corrected chi connectivity index (χ4v) is 1.21. The summed E-state index contributed by atoms with van der Waals surface area (Å²) in [4.78, 5) is 2.25. The van der Waals surface area contributed by atoms with Crippen LogP contribution in [0.4, 0.5) is 0 Å². The van der Waals surface area contributed by atoms with Gasteiger partial charge in [-0.25, -0.2) is 0 Å². The summed E-state index contributed by atoms with van der Waals surface area (Å²) in [6.07, 6.45) is 0.698. The van der Waals surface area contributed by atoms with Crippen molar-refractivity contribution in [3.63, 3.8) is 0 Å². The number of nitrogens with two attached hydrogens (primary N) is 1. The van der Waals surface area contributed by atoms with Gasteiger partial charge in [-0.2, -0.15) is 5.26 Å². The van der Waals surface area contributed by atoms with E-state index in [0.717, 1.165) is 32.8 Å². The van der Waals surface area contributed by atoms with Gasteiger partial charge in [0.25, 0.3) is 0 Å². The molecule has 0 aliphatic rings. The number of likely N-dealkylation sites (N-methyl/N-ethyl adjacent to an activating group) is 1. The SMILES string of the molecule is CCOCCN(CC)CCC(C)(N)C#N. The molecular formula is C11H23N3O. The first-order valence-corrected chi connectivity index (χ1v) is 5.56. The summed E-state index contributed by atoms with van der Waals surface area (Å²) >= 11 is 0. The first-order valence-electron chi connectivity index (χ1n) is 5.56. The summed E-state index contributed by atoms with van der Waals surface area (Å²) in [6.45, 7) is 10.1. The molecule has 0 spiro atoms. The molecule has 0 radical (unpaired) electrons. The minimum atomic E-state index is -0.709. The summed E-state index contributed by atoms with van der Waals surface area (Å²) < 4.78 is 5.29. The third-order valence-electron chi connectivity index (χ3n) is 2.41. The molecule has 4 heteroatoms. The van der Waals surface area contributed by atoms with E-state index in [1.165, 1.54) is 0 Å². The van der Waals surface area contributed by atoms with Crippen molar-refractivity contribution in [3.8, 4) is 6.07 Å². The number of rotatable bonds is 8. The number of hydrogen-bond donors (Lipinski definition) is 1. The molecule has 15 heavy (non-hydrogen) atoms. The molecule has 0 saturated carbocycles. The lowest BCUT2D eigenvalue weighted by molar-refractivity contribution is 0.113. The third kappa shape index (κ3) is 7.32. The van der Waals surface area contributed by atoms with Crippen LogP contribution in [0.5, 0.6) is 0 Å². The second-order valence-corrected chi connectivity index (χ2v) is 3.91. The highest BCUT2D eigenvalue weighted by molar-refractivity contribution is 5.01. The maximum atomic E-state index is 8.78. The van der Waals surface area contributed by atoms with E-state index >= 15 is 0 Å². The van der Waals surface area contributed by atoms with Crippen LogP contribution in [0.15, 0.2) is 0 Å². The minimum Gasteiger partial charge on any atom is -0.380 e. The van der Waals surface area contributed by atoms with Crippen LogP contribution in [-0.4, -0.2) is 43.3 Å². The third-order valence-corrected chi connectivity index (χ3v) is 2.41. The summed E-state index contributed by atoms with van der Waals surface area (Å²) in [5.41, 5.74) is 5.05. The first kappa shape index (κ1) is 14.4. The molecule has 0 aromatic carbocycles. The molecule has 0 aromatic rings. The normalized spacial score (nSPS) is 14.9. The summed E-state index contributed by atoms with van der Waals surface area (Å²) in [6, 6.07) is 2.11. The van der Waals surface area contributed by atoms with E-state index in [-0.39, 0.29) is 0 Å². The second-order valence-electron chi connectivity index (χ2n) is 3.91. The molecule has 0 heterocycles. The van der Waals surface area contributed by atoms with Gasteiger partial charge in [-0.05, 0) is 26.8 Å². The fourth-order valence-electron chi connectivity index (χ4n) is 1.21. The van der Waals surface area contributed by atoms with Gasteiger partial charge < -0.3 is 15.4 Å². The Morgan fingerprint density at radius 1 is 1.40 bits per heavy atom. The van der Waals surface area contributed by atoms with Crippen molar-refractivity contribution in [2.45, 2.75) is 32.7 Å². The van der Waals surface area contributed by atoms with E-state index in [2.05, 4.69) is 17.9 Å². The molecular weight excluding hydrogens is 190 g/mol. The molecule has 0 aliphatic carbocycles. The van der Waals surface area contributed by atoms with E-state index in [9.17, 15) is 0 Å². The van der Waals surface area contributed by atoms with Crippen LogP contribution < -0.4 is 5.73 Å². The van der Waals surface area contributed by atoms with Gasteiger partial charge in [-0.15, -0.1) is 0 Å². The van der Waals surface area contributed by atoms with Gasteiger partial charge in [0, 0.05) is 19.7 Å². The van der Waals surface area contributed by atoms with Gasteiger partial charge in [-0.1, -0.05) is 6.92 Å². The standard InChI is InChI=1S/C11H23N3O/c1-4-14(8-9-15-5-2)7-6-11(3,13)10-12/h4-9,13H2,1-3H3. The highest BCUT2D eigenvalue weighted by Gasteiger charge is 2.17. The van der Waals surface area contributed by atoms with E-state index in [1.54, 1.807) is 6.92 Å². The monoisotopic (exact) mass is 213 g/mol. The average Bonchev–Trinajstić information content (AvgIpc) is 2.23. The van der Waals surface area contributed by atoms with Crippen LogP contribution in [0, 0.1) is 11.3 Å². The van der Waals surface area contributed by atoms with E-state index in [4.69, 9.17) is 15.7 Å². The van der Waals surface area contributed by atoms with E-state index in [0.29, 0.717) is 6.42 Å². The predicted molar refractivity (Wildman–Crippen MR) is 61.4 cm³/mol. The zero-order valence-electron chi connectivity index (χ0n) is 10.1.